The van der Waals surface area contributed by atoms with Crippen LogP contribution in [0.2, 0.25) is 0 Å². The number of carbonyl (C=O) groups excluding carboxylic acids is 1. The molecular weight excluding hydrogens is 401 g/mol. The molecule has 0 aliphatic rings. The summed E-state index contributed by atoms with van der Waals surface area (Å²) in [5.41, 5.74) is 1.76. The normalized spacial score (nSPS) is 12.2. The molecular formula is C24H28FNO5. The first-order chi connectivity index (χ1) is 14.8. The molecule has 2 rings (SSSR count). The topological polar surface area (TPSA) is 76.1 Å². The maximum Gasteiger partial charge on any atom is 0.341 e. The van der Waals surface area contributed by atoms with E-state index < -0.39 is 24.5 Å². The molecule has 0 fully saturated rings. The van der Waals surface area contributed by atoms with Crippen molar-refractivity contribution in [3.63, 3.8) is 0 Å². The van der Waals surface area contributed by atoms with Crippen LogP contribution in [0.5, 0.6) is 11.5 Å². The summed E-state index contributed by atoms with van der Waals surface area (Å²) in [7, 11) is 0. The van der Waals surface area contributed by atoms with E-state index in [9.17, 15) is 14.0 Å². The molecule has 0 heterocycles. The molecule has 1 atom stereocenters. The summed E-state index contributed by atoms with van der Waals surface area (Å²) < 4.78 is 25.4. The van der Waals surface area contributed by atoms with E-state index in [0.717, 1.165) is 0 Å². The number of carboxylic acid groups (broad SMARTS) is 1. The van der Waals surface area contributed by atoms with E-state index in [1.54, 1.807) is 55.1 Å². The Balaban J connectivity index is 2.34. The highest BCUT2D eigenvalue weighted by atomic mass is 19.1. The predicted molar refractivity (Wildman–Crippen MR) is 117 cm³/mol. The summed E-state index contributed by atoms with van der Waals surface area (Å²) in [6.07, 6.45) is 0.909. The van der Waals surface area contributed by atoms with Gasteiger partial charge in [-0.15, -0.1) is 0 Å². The van der Waals surface area contributed by atoms with Gasteiger partial charge in [-0.05, 0) is 57.0 Å². The molecule has 0 aromatic heterocycles. The smallest absolute Gasteiger partial charge is 0.341 e. The van der Waals surface area contributed by atoms with Gasteiger partial charge in [-0.25, -0.2) is 9.18 Å². The number of nitrogens with zero attached hydrogens (tertiary/aromatic N) is 1. The van der Waals surface area contributed by atoms with Crippen LogP contribution in [0.1, 0.15) is 44.9 Å². The van der Waals surface area contributed by atoms with Gasteiger partial charge < -0.3 is 19.5 Å². The third kappa shape index (κ3) is 6.57. The Morgan fingerprint density at radius 2 is 1.81 bits per heavy atom. The Labute approximate surface area is 181 Å². The predicted octanol–water partition coefficient (Wildman–Crippen LogP) is 4.70. The fourth-order valence-electron chi connectivity index (χ4n) is 3.06. The summed E-state index contributed by atoms with van der Waals surface area (Å²) in [4.78, 5) is 25.1. The number of rotatable bonds is 10. The zero-order valence-electron chi connectivity index (χ0n) is 18.2. The summed E-state index contributed by atoms with van der Waals surface area (Å²) in [5.74, 6) is -1.16. The third-order valence-electron chi connectivity index (χ3n) is 4.81. The highest BCUT2D eigenvalue weighted by Crippen LogP contribution is 2.34. The third-order valence-corrected chi connectivity index (χ3v) is 4.81. The molecule has 7 heteroatoms. The Kier molecular flexibility index (Phi) is 8.61. The van der Waals surface area contributed by atoms with Crippen molar-refractivity contribution in [1.82, 2.24) is 4.90 Å². The highest BCUT2D eigenvalue weighted by Gasteiger charge is 2.17. The molecule has 166 valence electrons. The highest BCUT2D eigenvalue weighted by molar-refractivity contribution is 5.95. The molecule has 31 heavy (non-hydrogen) atoms. The number of hydrogen-bond donors (Lipinski definition) is 1. The SMILES string of the molecule is CCN(CC)C(=O)/C=C(\C)c1ccc(OC(C)c2ccccc2F)c(OCC(=O)O)c1. The van der Waals surface area contributed by atoms with E-state index in [2.05, 4.69) is 0 Å². The van der Waals surface area contributed by atoms with Crippen LogP contribution in [0.4, 0.5) is 4.39 Å². The standard InChI is InChI=1S/C24H28FNO5/c1-5-26(6-2)23(27)13-16(3)18-11-12-21(22(14-18)30-15-24(28)29)31-17(4)19-9-7-8-10-20(19)25/h7-14,17H,5-6,15H2,1-4H3,(H,28,29)/b16-13+. The molecule has 0 saturated heterocycles. The number of ether oxygens (including phenoxy) is 2. The number of amides is 1. The first kappa shape index (κ1) is 23.9. The monoisotopic (exact) mass is 429 g/mol. The van der Waals surface area contributed by atoms with E-state index >= 15 is 0 Å². The molecule has 0 bridgehead atoms. The number of aliphatic carboxylic acids is 1. The number of hydrogen-bond acceptors (Lipinski definition) is 4. The molecule has 2 aromatic rings. The Morgan fingerprint density at radius 3 is 2.42 bits per heavy atom. The van der Waals surface area contributed by atoms with Gasteiger partial charge in [-0.3, -0.25) is 4.79 Å². The van der Waals surface area contributed by atoms with Crippen molar-refractivity contribution in [3.8, 4) is 11.5 Å². The minimum Gasteiger partial charge on any atom is -0.482 e. The van der Waals surface area contributed by atoms with Crippen molar-refractivity contribution in [1.29, 1.82) is 0 Å². The van der Waals surface area contributed by atoms with E-state index in [4.69, 9.17) is 14.6 Å². The van der Waals surface area contributed by atoms with Gasteiger partial charge in [0.15, 0.2) is 18.1 Å². The van der Waals surface area contributed by atoms with Crippen molar-refractivity contribution in [2.45, 2.75) is 33.8 Å². The molecule has 0 radical (unpaired) electrons. The molecule has 6 nitrogen and oxygen atoms in total. The Hall–Kier alpha value is -3.35. The minimum absolute atomic E-state index is 0.107. The van der Waals surface area contributed by atoms with Gasteiger partial charge in [-0.2, -0.15) is 0 Å². The zero-order chi connectivity index (χ0) is 23.0. The van der Waals surface area contributed by atoms with E-state index in [1.165, 1.54) is 12.1 Å². The van der Waals surface area contributed by atoms with Gasteiger partial charge >= 0.3 is 5.97 Å². The largest absolute Gasteiger partial charge is 0.482 e. The Morgan fingerprint density at radius 1 is 1.13 bits per heavy atom. The number of carboxylic acids is 1. The number of halogens is 1. The number of allylic oxidation sites excluding steroid dienone is 1. The van der Waals surface area contributed by atoms with Gasteiger partial charge in [0.1, 0.15) is 11.9 Å². The van der Waals surface area contributed by atoms with Crippen molar-refractivity contribution in [2.24, 2.45) is 0 Å². The average Bonchev–Trinajstić information content (AvgIpc) is 2.73. The lowest BCUT2D eigenvalue weighted by atomic mass is 10.1. The lowest BCUT2D eigenvalue weighted by molar-refractivity contribution is -0.139. The number of benzene rings is 2. The number of carbonyl (C=O) groups is 2. The zero-order valence-corrected chi connectivity index (χ0v) is 18.2. The van der Waals surface area contributed by atoms with Crippen LogP contribution in [-0.2, 0) is 9.59 Å². The molecule has 2 aromatic carbocycles. The second kappa shape index (κ2) is 11.2. The fraction of sp³-hybridized carbons (Fsp3) is 0.333. The van der Waals surface area contributed by atoms with Crippen LogP contribution < -0.4 is 9.47 Å². The van der Waals surface area contributed by atoms with E-state index in [1.807, 2.05) is 13.8 Å². The van der Waals surface area contributed by atoms with Gasteiger partial charge in [0, 0.05) is 24.7 Å². The van der Waals surface area contributed by atoms with Gasteiger partial charge in [0.05, 0.1) is 0 Å². The Bertz CT molecular complexity index is 953. The van der Waals surface area contributed by atoms with Crippen LogP contribution in [0.25, 0.3) is 5.57 Å². The molecule has 0 aliphatic carbocycles. The van der Waals surface area contributed by atoms with E-state index in [0.29, 0.717) is 29.8 Å². The van der Waals surface area contributed by atoms with Gasteiger partial charge in [0.2, 0.25) is 5.91 Å². The number of likely N-dealkylation sites (N-methyl/N-ethyl adjacent to an activating group) is 1. The van der Waals surface area contributed by atoms with Gasteiger partial charge in [-0.1, -0.05) is 24.3 Å². The molecule has 1 unspecified atom stereocenters. The van der Waals surface area contributed by atoms with Crippen LogP contribution in [0.3, 0.4) is 0 Å². The lowest BCUT2D eigenvalue weighted by Crippen LogP contribution is -2.28. The van der Waals surface area contributed by atoms with Crippen molar-refractivity contribution in [3.05, 3.63) is 65.5 Å². The first-order valence-electron chi connectivity index (χ1n) is 10.1. The molecule has 1 amide bonds. The maximum atomic E-state index is 14.1. The van der Waals surface area contributed by atoms with Crippen LogP contribution in [-0.4, -0.2) is 41.6 Å². The average molecular weight is 429 g/mol. The first-order valence-corrected chi connectivity index (χ1v) is 10.1. The van der Waals surface area contributed by atoms with Crippen molar-refractivity contribution < 1.29 is 28.6 Å². The van der Waals surface area contributed by atoms with Crippen molar-refractivity contribution in [2.75, 3.05) is 19.7 Å². The lowest BCUT2D eigenvalue weighted by Gasteiger charge is -2.19. The summed E-state index contributed by atoms with van der Waals surface area (Å²) in [5, 5.41) is 9.00. The summed E-state index contributed by atoms with van der Waals surface area (Å²) in [6, 6.07) is 11.3. The van der Waals surface area contributed by atoms with Crippen LogP contribution >= 0.6 is 0 Å². The molecule has 0 spiro atoms. The maximum absolute atomic E-state index is 14.1. The van der Waals surface area contributed by atoms with Gasteiger partial charge in [0.25, 0.3) is 0 Å². The summed E-state index contributed by atoms with van der Waals surface area (Å²) in [6.45, 7) is 7.95. The fourth-order valence-corrected chi connectivity index (χ4v) is 3.06. The van der Waals surface area contributed by atoms with Crippen LogP contribution in [0, 0.1) is 5.82 Å². The molecule has 0 saturated carbocycles. The quantitative estimate of drug-likeness (QED) is 0.554. The molecule has 1 N–H and O–H groups in total. The summed E-state index contributed by atoms with van der Waals surface area (Å²) >= 11 is 0. The van der Waals surface area contributed by atoms with Crippen LogP contribution in [0.15, 0.2) is 48.5 Å². The van der Waals surface area contributed by atoms with Crippen molar-refractivity contribution >= 4 is 17.4 Å². The second-order valence-corrected chi connectivity index (χ2v) is 6.96. The second-order valence-electron chi connectivity index (χ2n) is 6.96. The molecule has 0 aliphatic heterocycles. The van der Waals surface area contributed by atoms with E-state index in [-0.39, 0.29) is 17.4 Å². The minimum atomic E-state index is -1.14.